The molecule has 0 heterocycles. The molecule has 0 spiro atoms. The molecule has 0 amide bonds. The van der Waals surface area contributed by atoms with Crippen LogP contribution in [0.4, 0.5) is 5.69 Å². The molecule has 0 aliphatic heterocycles. The average Bonchev–Trinajstić information content (AvgIpc) is 2.63. The summed E-state index contributed by atoms with van der Waals surface area (Å²) in [5, 5.41) is 11.7. The zero-order valence-electron chi connectivity index (χ0n) is 14.1. The zero-order valence-corrected chi connectivity index (χ0v) is 15.6. The van der Waals surface area contributed by atoms with Crippen LogP contribution in [0.25, 0.3) is 11.1 Å². The summed E-state index contributed by atoms with van der Waals surface area (Å²) in [6, 6.07) is 16.8. The molecule has 0 N–H and O–H groups in total. The molecule has 4 nitrogen and oxygen atoms in total. The molecule has 0 bridgehead atoms. The second-order valence-corrected chi connectivity index (χ2v) is 6.64. The molecule has 0 atom stereocenters. The van der Waals surface area contributed by atoms with E-state index >= 15 is 0 Å². The smallest absolute Gasteiger partial charge is 0.274 e. The summed E-state index contributed by atoms with van der Waals surface area (Å²) < 4.78 is 5.89. The molecule has 3 aromatic carbocycles. The molecule has 0 aliphatic carbocycles. The number of benzene rings is 3. The molecule has 6 heteroatoms. The first-order chi connectivity index (χ1) is 12.4. The Balaban J connectivity index is 1.97. The van der Waals surface area contributed by atoms with Crippen molar-refractivity contribution in [3.8, 4) is 22.6 Å². The van der Waals surface area contributed by atoms with Crippen molar-refractivity contribution >= 4 is 28.9 Å². The van der Waals surface area contributed by atoms with E-state index in [1.54, 1.807) is 19.9 Å². The van der Waals surface area contributed by atoms with E-state index in [1.165, 1.54) is 6.07 Å². The summed E-state index contributed by atoms with van der Waals surface area (Å²) in [5.74, 6) is 0.800. The maximum absolute atomic E-state index is 11.1. The highest BCUT2D eigenvalue weighted by Crippen LogP contribution is 2.41. The molecule has 0 saturated carbocycles. The van der Waals surface area contributed by atoms with Gasteiger partial charge in [0.25, 0.3) is 5.69 Å². The van der Waals surface area contributed by atoms with Gasteiger partial charge in [-0.1, -0.05) is 59.6 Å². The standard InChI is InChI=1S/C20H15Cl2NO3/c1-12-10-17(23(24)25)13(2)19(22)20(12)26-18-9-8-15(11-16(18)21)14-6-4-3-5-7-14/h3-11H,1-2H3. The van der Waals surface area contributed by atoms with Crippen LogP contribution in [0.5, 0.6) is 11.5 Å². The Morgan fingerprint density at radius 2 is 1.65 bits per heavy atom. The van der Waals surface area contributed by atoms with Crippen LogP contribution in [-0.4, -0.2) is 4.92 Å². The van der Waals surface area contributed by atoms with Gasteiger partial charge in [-0.3, -0.25) is 10.1 Å². The van der Waals surface area contributed by atoms with Crippen molar-refractivity contribution in [3.63, 3.8) is 0 Å². The quantitative estimate of drug-likeness (QED) is 0.358. The highest BCUT2D eigenvalue weighted by molar-refractivity contribution is 6.33. The van der Waals surface area contributed by atoms with Crippen LogP contribution in [0, 0.1) is 24.0 Å². The molecular formula is C20H15Cl2NO3. The number of aryl methyl sites for hydroxylation is 1. The SMILES string of the molecule is Cc1cc([N+](=O)[O-])c(C)c(Cl)c1Oc1ccc(-c2ccccc2)cc1Cl. The molecule has 26 heavy (non-hydrogen) atoms. The number of nitro benzene ring substituents is 1. The number of nitro groups is 1. The minimum absolute atomic E-state index is 0.0367. The first-order valence-corrected chi connectivity index (χ1v) is 8.61. The number of hydrogen-bond acceptors (Lipinski definition) is 3. The van der Waals surface area contributed by atoms with Gasteiger partial charge < -0.3 is 4.74 Å². The number of nitrogens with zero attached hydrogens (tertiary/aromatic N) is 1. The second-order valence-electron chi connectivity index (χ2n) is 5.85. The Hall–Kier alpha value is -2.56. The summed E-state index contributed by atoms with van der Waals surface area (Å²) in [6.45, 7) is 3.30. The fourth-order valence-electron chi connectivity index (χ4n) is 2.65. The predicted octanol–water partition coefficient (Wildman–Crippen LogP) is 6.98. The lowest BCUT2D eigenvalue weighted by atomic mass is 10.1. The minimum atomic E-state index is -0.459. The highest BCUT2D eigenvalue weighted by Gasteiger charge is 2.21. The van der Waals surface area contributed by atoms with E-state index in [1.807, 2.05) is 42.5 Å². The fourth-order valence-corrected chi connectivity index (χ4v) is 3.16. The van der Waals surface area contributed by atoms with Crippen molar-refractivity contribution < 1.29 is 9.66 Å². The largest absolute Gasteiger partial charge is 0.454 e. The molecule has 132 valence electrons. The molecular weight excluding hydrogens is 373 g/mol. The van der Waals surface area contributed by atoms with Gasteiger partial charge in [-0.05, 0) is 37.1 Å². The van der Waals surface area contributed by atoms with Crippen molar-refractivity contribution in [1.29, 1.82) is 0 Å². The molecule has 0 aromatic heterocycles. The second kappa shape index (κ2) is 7.36. The summed E-state index contributed by atoms with van der Waals surface area (Å²) in [5.41, 5.74) is 2.89. The molecule has 0 unspecified atom stereocenters. The van der Waals surface area contributed by atoms with Crippen LogP contribution in [0.2, 0.25) is 10.0 Å². The maximum atomic E-state index is 11.1. The van der Waals surface area contributed by atoms with Crippen LogP contribution in [0.3, 0.4) is 0 Å². The number of hydrogen-bond donors (Lipinski definition) is 0. The van der Waals surface area contributed by atoms with Gasteiger partial charge in [0.1, 0.15) is 11.5 Å². The van der Waals surface area contributed by atoms with Crippen molar-refractivity contribution in [2.24, 2.45) is 0 Å². The third-order valence-electron chi connectivity index (χ3n) is 4.07. The van der Waals surface area contributed by atoms with E-state index < -0.39 is 4.92 Å². The zero-order chi connectivity index (χ0) is 18.8. The van der Waals surface area contributed by atoms with E-state index in [9.17, 15) is 10.1 Å². The van der Waals surface area contributed by atoms with Gasteiger partial charge >= 0.3 is 0 Å². The van der Waals surface area contributed by atoms with Crippen LogP contribution >= 0.6 is 23.2 Å². The monoisotopic (exact) mass is 387 g/mol. The van der Waals surface area contributed by atoms with Gasteiger partial charge in [0.05, 0.1) is 15.0 Å². The van der Waals surface area contributed by atoms with Gasteiger partial charge in [-0.25, -0.2) is 0 Å². The fraction of sp³-hybridized carbons (Fsp3) is 0.100. The Morgan fingerprint density at radius 1 is 0.962 bits per heavy atom. The Labute approximate surface area is 161 Å². The van der Waals surface area contributed by atoms with Crippen LogP contribution in [0.1, 0.15) is 11.1 Å². The Morgan fingerprint density at radius 3 is 2.27 bits per heavy atom. The normalized spacial score (nSPS) is 10.6. The predicted molar refractivity (Wildman–Crippen MR) is 105 cm³/mol. The minimum Gasteiger partial charge on any atom is -0.454 e. The van der Waals surface area contributed by atoms with Crippen molar-refractivity contribution in [1.82, 2.24) is 0 Å². The topological polar surface area (TPSA) is 52.4 Å². The summed E-state index contributed by atoms with van der Waals surface area (Å²) in [7, 11) is 0. The van der Waals surface area contributed by atoms with E-state index in [4.69, 9.17) is 27.9 Å². The van der Waals surface area contributed by atoms with E-state index in [0.717, 1.165) is 11.1 Å². The molecule has 0 fully saturated rings. The maximum Gasteiger partial charge on any atom is 0.274 e. The lowest BCUT2D eigenvalue weighted by Crippen LogP contribution is -1.97. The number of ether oxygens (including phenoxy) is 1. The summed E-state index contributed by atoms with van der Waals surface area (Å²) >= 11 is 12.7. The lowest BCUT2D eigenvalue weighted by molar-refractivity contribution is -0.385. The number of halogens is 2. The average molecular weight is 388 g/mol. The molecule has 3 rings (SSSR count). The van der Waals surface area contributed by atoms with E-state index in [-0.39, 0.29) is 10.7 Å². The van der Waals surface area contributed by atoms with E-state index in [2.05, 4.69) is 0 Å². The van der Waals surface area contributed by atoms with Gasteiger partial charge in [-0.15, -0.1) is 0 Å². The van der Waals surface area contributed by atoms with Crippen molar-refractivity contribution in [3.05, 3.63) is 85.9 Å². The van der Waals surface area contributed by atoms with Crippen LogP contribution < -0.4 is 4.74 Å². The van der Waals surface area contributed by atoms with Crippen molar-refractivity contribution in [2.45, 2.75) is 13.8 Å². The Kier molecular flexibility index (Phi) is 5.16. The Bertz CT molecular complexity index is 988. The van der Waals surface area contributed by atoms with Crippen molar-refractivity contribution in [2.75, 3.05) is 0 Å². The highest BCUT2D eigenvalue weighted by atomic mass is 35.5. The molecule has 0 saturated heterocycles. The van der Waals surface area contributed by atoms with Gasteiger partial charge in [0.15, 0.2) is 0 Å². The van der Waals surface area contributed by atoms with Crippen LogP contribution in [-0.2, 0) is 0 Å². The third kappa shape index (κ3) is 3.52. The lowest BCUT2D eigenvalue weighted by Gasteiger charge is -2.14. The molecule has 3 aromatic rings. The number of rotatable bonds is 4. The summed E-state index contributed by atoms with van der Waals surface area (Å²) in [4.78, 5) is 10.6. The van der Waals surface area contributed by atoms with Gasteiger partial charge in [0.2, 0.25) is 0 Å². The first-order valence-electron chi connectivity index (χ1n) is 7.85. The third-order valence-corrected chi connectivity index (χ3v) is 4.82. The molecule has 0 aliphatic rings. The van der Waals surface area contributed by atoms with Crippen LogP contribution in [0.15, 0.2) is 54.6 Å². The first kappa shape index (κ1) is 18.2. The van der Waals surface area contributed by atoms with Gasteiger partial charge in [-0.2, -0.15) is 0 Å². The summed E-state index contributed by atoms with van der Waals surface area (Å²) in [6.07, 6.45) is 0. The van der Waals surface area contributed by atoms with E-state index in [0.29, 0.717) is 27.6 Å². The molecule has 0 radical (unpaired) electrons. The van der Waals surface area contributed by atoms with Gasteiger partial charge in [0, 0.05) is 17.2 Å².